The monoisotopic (exact) mass is 556 g/mol. The number of rotatable bonds is 24. The van der Waals surface area contributed by atoms with Crippen LogP contribution in [-0.2, 0) is 0 Å². The molecule has 0 bridgehead atoms. The summed E-state index contributed by atoms with van der Waals surface area (Å²) in [7, 11) is 0. The summed E-state index contributed by atoms with van der Waals surface area (Å²) >= 11 is 0. The number of phenolic OH excluding ortho intramolecular Hbond substituents is 2. The summed E-state index contributed by atoms with van der Waals surface area (Å²) in [4.78, 5) is 0. The molecular weight excluding hydrogens is 496 g/mol. The quantitative estimate of drug-likeness (QED) is 0.0997. The van der Waals surface area contributed by atoms with Gasteiger partial charge in [-0.3, -0.25) is 0 Å². The van der Waals surface area contributed by atoms with Crippen molar-refractivity contribution < 1.29 is 19.7 Å². The second kappa shape index (κ2) is 26.8. The van der Waals surface area contributed by atoms with Crippen molar-refractivity contribution >= 4 is 0 Å². The third-order valence-electron chi connectivity index (χ3n) is 7.24. The Morgan fingerprint density at radius 3 is 0.975 bits per heavy atom. The van der Waals surface area contributed by atoms with Crippen LogP contribution in [0.1, 0.15) is 142 Å². The van der Waals surface area contributed by atoms with Crippen LogP contribution in [0.2, 0.25) is 0 Å². The standard InChI is InChI=1S/C30H54O2.C6H6O2/c1-3-5-7-9-11-13-15-17-19-23-27-31-29-25-21-22-26-30(29)32-28-24-20-18-16-14-12-10-8-6-4-2;7-5-3-1-2-4-6(5)8/h21-22,25-26H,3-20,23-24,27-28H2,1-2H3;1-4,7-8H. The zero-order valence-electron chi connectivity index (χ0n) is 25.9. The molecule has 0 aliphatic rings. The van der Waals surface area contributed by atoms with Crippen LogP contribution in [0.4, 0.5) is 0 Å². The summed E-state index contributed by atoms with van der Waals surface area (Å²) in [6.45, 7) is 6.17. The van der Waals surface area contributed by atoms with Crippen molar-refractivity contribution in [1.82, 2.24) is 0 Å². The van der Waals surface area contributed by atoms with Crippen LogP contribution in [0, 0.1) is 0 Å². The molecule has 2 rings (SSSR count). The van der Waals surface area contributed by atoms with E-state index in [9.17, 15) is 0 Å². The van der Waals surface area contributed by atoms with Gasteiger partial charge in [-0.25, -0.2) is 0 Å². The molecule has 0 spiro atoms. The SMILES string of the molecule is CCCCCCCCCCCCOc1ccccc1OCCCCCCCCCCCC.Oc1ccccc1O. The lowest BCUT2D eigenvalue weighted by Crippen LogP contribution is -2.02. The van der Waals surface area contributed by atoms with Gasteiger partial charge in [-0.15, -0.1) is 0 Å². The second-order valence-corrected chi connectivity index (χ2v) is 11.0. The molecule has 4 heteroatoms. The average molecular weight is 557 g/mol. The molecule has 2 N–H and O–H groups in total. The lowest BCUT2D eigenvalue weighted by atomic mass is 10.1. The highest BCUT2D eigenvalue weighted by atomic mass is 16.5. The highest BCUT2D eigenvalue weighted by Crippen LogP contribution is 2.27. The van der Waals surface area contributed by atoms with E-state index in [0.717, 1.165) is 37.6 Å². The molecule has 0 saturated heterocycles. The predicted molar refractivity (Wildman–Crippen MR) is 171 cm³/mol. The highest BCUT2D eigenvalue weighted by Gasteiger charge is 2.04. The molecule has 228 valence electrons. The van der Waals surface area contributed by atoms with Crippen molar-refractivity contribution in [1.29, 1.82) is 0 Å². The summed E-state index contributed by atoms with van der Waals surface area (Å²) in [5.41, 5.74) is 0. The topological polar surface area (TPSA) is 58.9 Å². The predicted octanol–water partition coefficient (Wildman–Crippen LogP) is 11.4. The van der Waals surface area contributed by atoms with Crippen molar-refractivity contribution in [2.75, 3.05) is 13.2 Å². The van der Waals surface area contributed by atoms with E-state index in [0.29, 0.717) is 0 Å². The maximum atomic E-state index is 8.67. The Hall–Kier alpha value is -2.36. The van der Waals surface area contributed by atoms with Gasteiger partial charge in [0.15, 0.2) is 23.0 Å². The molecule has 0 aliphatic heterocycles. The highest BCUT2D eigenvalue weighted by molar-refractivity contribution is 5.39. The maximum absolute atomic E-state index is 8.67. The summed E-state index contributed by atoms with van der Waals surface area (Å²) in [5, 5.41) is 17.3. The minimum Gasteiger partial charge on any atom is -0.504 e. The Labute approximate surface area is 246 Å². The van der Waals surface area contributed by atoms with Crippen LogP contribution in [-0.4, -0.2) is 23.4 Å². The summed E-state index contributed by atoms with van der Waals surface area (Å²) < 4.78 is 12.1. The molecule has 0 radical (unpaired) electrons. The zero-order valence-corrected chi connectivity index (χ0v) is 25.9. The van der Waals surface area contributed by atoms with Crippen LogP contribution in [0.15, 0.2) is 48.5 Å². The molecule has 2 aromatic carbocycles. The number of para-hydroxylation sites is 4. The van der Waals surface area contributed by atoms with Gasteiger partial charge in [-0.05, 0) is 37.1 Å². The van der Waals surface area contributed by atoms with Crippen molar-refractivity contribution in [3.8, 4) is 23.0 Å². The van der Waals surface area contributed by atoms with Gasteiger partial charge in [-0.1, -0.05) is 154 Å². The molecule has 0 aliphatic carbocycles. The Kier molecular flexibility index (Phi) is 23.9. The van der Waals surface area contributed by atoms with E-state index in [-0.39, 0.29) is 11.5 Å². The Morgan fingerprint density at radius 1 is 0.400 bits per heavy atom. The van der Waals surface area contributed by atoms with Gasteiger partial charge in [0.2, 0.25) is 0 Å². The van der Waals surface area contributed by atoms with Crippen LogP contribution < -0.4 is 9.47 Å². The lowest BCUT2D eigenvalue weighted by molar-refractivity contribution is 0.258. The normalized spacial score (nSPS) is 10.7. The van der Waals surface area contributed by atoms with E-state index in [2.05, 4.69) is 13.8 Å². The van der Waals surface area contributed by atoms with Crippen LogP contribution in [0.3, 0.4) is 0 Å². The van der Waals surface area contributed by atoms with Crippen LogP contribution >= 0.6 is 0 Å². The number of unbranched alkanes of at least 4 members (excludes halogenated alkanes) is 18. The first-order chi connectivity index (χ1) is 19.7. The molecule has 4 nitrogen and oxygen atoms in total. The van der Waals surface area contributed by atoms with Crippen molar-refractivity contribution in [3.63, 3.8) is 0 Å². The smallest absolute Gasteiger partial charge is 0.161 e. The van der Waals surface area contributed by atoms with Gasteiger partial charge >= 0.3 is 0 Å². The zero-order chi connectivity index (χ0) is 28.9. The molecule has 40 heavy (non-hydrogen) atoms. The van der Waals surface area contributed by atoms with E-state index in [1.165, 1.54) is 128 Å². The fourth-order valence-corrected chi connectivity index (χ4v) is 4.70. The number of phenols is 2. The first-order valence-corrected chi connectivity index (χ1v) is 16.5. The Bertz CT molecular complexity index is 741. The number of ether oxygens (including phenoxy) is 2. The Morgan fingerprint density at radius 2 is 0.675 bits per heavy atom. The van der Waals surface area contributed by atoms with Gasteiger partial charge < -0.3 is 19.7 Å². The number of hydrogen-bond donors (Lipinski definition) is 2. The molecule has 0 aromatic heterocycles. The van der Waals surface area contributed by atoms with E-state index in [1.807, 2.05) is 24.3 Å². The minimum absolute atomic E-state index is 0.0764. The molecule has 0 amide bonds. The molecule has 0 unspecified atom stereocenters. The first-order valence-electron chi connectivity index (χ1n) is 16.5. The van der Waals surface area contributed by atoms with Gasteiger partial charge in [0.25, 0.3) is 0 Å². The molecule has 2 aromatic rings. The van der Waals surface area contributed by atoms with Gasteiger partial charge in [-0.2, -0.15) is 0 Å². The minimum atomic E-state index is -0.0764. The lowest BCUT2D eigenvalue weighted by Gasteiger charge is -2.12. The third kappa shape index (κ3) is 20.5. The fourth-order valence-electron chi connectivity index (χ4n) is 4.70. The second-order valence-electron chi connectivity index (χ2n) is 11.0. The summed E-state index contributed by atoms with van der Waals surface area (Å²) in [6.07, 6.45) is 27.1. The van der Waals surface area contributed by atoms with E-state index in [4.69, 9.17) is 19.7 Å². The maximum Gasteiger partial charge on any atom is 0.161 e. The average Bonchev–Trinajstić information content (AvgIpc) is 2.97. The van der Waals surface area contributed by atoms with Gasteiger partial charge in [0.05, 0.1) is 13.2 Å². The first kappa shape index (κ1) is 35.7. The molecule has 0 atom stereocenters. The van der Waals surface area contributed by atoms with Crippen LogP contribution in [0.5, 0.6) is 23.0 Å². The van der Waals surface area contributed by atoms with Crippen LogP contribution in [0.25, 0.3) is 0 Å². The number of benzene rings is 2. The number of hydrogen-bond acceptors (Lipinski definition) is 4. The Balaban J connectivity index is 0.000000850. The molecule has 0 saturated carbocycles. The van der Waals surface area contributed by atoms with Gasteiger partial charge in [0, 0.05) is 0 Å². The fraction of sp³-hybridized carbons (Fsp3) is 0.667. The molecular formula is C36H60O4. The van der Waals surface area contributed by atoms with E-state index in [1.54, 1.807) is 12.1 Å². The number of aromatic hydroxyl groups is 2. The van der Waals surface area contributed by atoms with Gasteiger partial charge in [0.1, 0.15) is 0 Å². The molecule has 0 heterocycles. The van der Waals surface area contributed by atoms with Crippen molar-refractivity contribution in [2.24, 2.45) is 0 Å². The van der Waals surface area contributed by atoms with E-state index < -0.39 is 0 Å². The van der Waals surface area contributed by atoms with Crippen molar-refractivity contribution in [3.05, 3.63) is 48.5 Å². The summed E-state index contributed by atoms with van der Waals surface area (Å²) in [5.74, 6) is 1.67. The molecule has 0 fully saturated rings. The third-order valence-corrected chi connectivity index (χ3v) is 7.24. The van der Waals surface area contributed by atoms with E-state index >= 15 is 0 Å². The summed E-state index contributed by atoms with van der Waals surface area (Å²) in [6, 6.07) is 14.3. The largest absolute Gasteiger partial charge is 0.504 e. The van der Waals surface area contributed by atoms with Crippen molar-refractivity contribution in [2.45, 2.75) is 142 Å².